The van der Waals surface area contributed by atoms with E-state index < -0.39 is 18.0 Å². The molecule has 0 unspecified atom stereocenters. The highest BCUT2D eigenvalue weighted by Crippen LogP contribution is 2.33. The number of hydrogen-bond donors (Lipinski definition) is 4. The van der Waals surface area contributed by atoms with Gasteiger partial charge in [0.25, 0.3) is 5.91 Å². The number of benzene rings is 2. The summed E-state index contributed by atoms with van der Waals surface area (Å²) in [7, 11) is 3.15. The van der Waals surface area contributed by atoms with Gasteiger partial charge in [-0.1, -0.05) is 12.1 Å². The van der Waals surface area contributed by atoms with E-state index in [1.54, 1.807) is 44.5 Å². The summed E-state index contributed by atoms with van der Waals surface area (Å²) < 4.78 is 57.2. The number of rotatable bonds is 7. The minimum Gasteiger partial charge on any atom is -0.494 e. The van der Waals surface area contributed by atoms with Crippen LogP contribution in [0.1, 0.15) is 10.4 Å². The number of hydrogen-bond acceptors (Lipinski definition) is 8. The first-order valence-corrected chi connectivity index (χ1v) is 11.8. The number of carbonyl (C=O) groups is 2. The summed E-state index contributed by atoms with van der Waals surface area (Å²) >= 11 is 0. The van der Waals surface area contributed by atoms with Gasteiger partial charge >= 0.3 is 12.1 Å². The number of nitrogens with zero attached hydrogens (tertiary/aromatic N) is 2. The first-order valence-electron chi connectivity index (χ1n) is 11.8. The van der Waals surface area contributed by atoms with Gasteiger partial charge < -0.3 is 35.4 Å². The smallest absolute Gasteiger partial charge is 0.490 e. The molecule has 14 heteroatoms. The second kappa shape index (κ2) is 13.5. The van der Waals surface area contributed by atoms with E-state index in [1.807, 2.05) is 18.2 Å². The predicted molar refractivity (Wildman–Crippen MR) is 140 cm³/mol. The fourth-order valence-electron chi connectivity index (χ4n) is 3.61. The highest BCUT2D eigenvalue weighted by Gasteiger charge is 2.38. The molecule has 40 heavy (non-hydrogen) atoms. The zero-order valence-electron chi connectivity index (χ0n) is 21.5. The van der Waals surface area contributed by atoms with Crippen molar-refractivity contribution < 1.29 is 41.7 Å². The molecule has 0 aliphatic carbocycles. The molecular formula is C26H27F4N5O5. The SMILES string of the molecule is CNC(=O)c1ccccc1Nc1cc(Nc2ccc(N3CCOCC3)cc2OC)ncc1F.O=C(O)C(F)(F)F. The van der Waals surface area contributed by atoms with Gasteiger partial charge in [0.2, 0.25) is 0 Å². The van der Waals surface area contributed by atoms with Crippen LogP contribution in [-0.4, -0.2) is 68.6 Å². The summed E-state index contributed by atoms with van der Waals surface area (Å²) in [5, 5.41) is 15.9. The Hall–Kier alpha value is -4.59. The van der Waals surface area contributed by atoms with E-state index in [0.29, 0.717) is 41.7 Å². The molecule has 4 rings (SSSR count). The number of alkyl halides is 3. The number of anilines is 5. The van der Waals surface area contributed by atoms with Crippen LogP contribution in [0.3, 0.4) is 0 Å². The molecule has 214 valence electrons. The largest absolute Gasteiger partial charge is 0.494 e. The monoisotopic (exact) mass is 565 g/mol. The third-order valence-corrected chi connectivity index (χ3v) is 5.59. The van der Waals surface area contributed by atoms with Crippen LogP contribution in [0.5, 0.6) is 5.75 Å². The normalized spacial score (nSPS) is 13.0. The van der Waals surface area contributed by atoms with Crippen molar-refractivity contribution in [3.63, 3.8) is 0 Å². The topological polar surface area (TPSA) is 125 Å². The molecule has 1 aliphatic heterocycles. The highest BCUT2D eigenvalue weighted by molar-refractivity contribution is 6.00. The maximum atomic E-state index is 14.5. The Labute approximate surface area is 226 Å². The van der Waals surface area contributed by atoms with Gasteiger partial charge in [0.15, 0.2) is 5.82 Å². The van der Waals surface area contributed by atoms with E-state index in [2.05, 4.69) is 25.8 Å². The van der Waals surface area contributed by atoms with Gasteiger partial charge in [0, 0.05) is 38.0 Å². The van der Waals surface area contributed by atoms with Gasteiger partial charge in [0.05, 0.1) is 49.1 Å². The molecule has 1 amide bonds. The number of carboxylic acids is 1. The average molecular weight is 566 g/mol. The molecule has 4 N–H and O–H groups in total. The Morgan fingerprint density at radius 2 is 1.70 bits per heavy atom. The number of para-hydroxylation sites is 1. The number of methoxy groups -OCH3 is 1. The Morgan fingerprint density at radius 3 is 2.33 bits per heavy atom. The number of morpholine rings is 1. The zero-order valence-corrected chi connectivity index (χ0v) is 21.5. The van der Waals surface area contributed by atoms with Gasteiger partial charge in [-0.15, -0.1) is 0 Å². The van der Waals surface area contributed by atoms with Crippen molar-refractivity contribution in [1.82, 2.24) is 10.3 Å². The number of carbonyl (C=O) groups excluding carboxylic acids is 1. The van der Waals surface area contributed by atoms with E-state index in [-0.39, 0.29) is 11.6 Å². The molecule has 0 bridgehead atoms. The number of pyridine rings is 1. The summed E-state index contributed by atoms with van der Waals surface area (Å²) in [5.41, 5.74) is 2.82. The lowest BCUT2D eigenvalue weighted by Gasteiger charge is -2.29. The summed E-state index contributed by atoms with van der Waals surface area (Å²) in [4.78, 5) is 27.4. The minimum atomic E-state index is -5.08. The number of nitrogens with one attached hydrogen (secondary N) is 3. The Kier molecular flexibility index (Phi) is 10.1. The van der Waals surface area contributed by atoms with Crippen LogP contribution < -0.4 is 25.6 Å². The van der Waals surface area contributed by atoms with E-state index in [9.17, 15) is 22.4 Å². The highest BCUT2D eigenvalue weighted by atomic mass is 19.4. The standard InChI is InChI=1S/C24H26FN5O3.C2HF3O2/c1-26-24(31)17-5-3-4-6-19(17)28-21-14-23(27-15-18(21)25)29-20-8-7-16(13-22(20)32-2)30-9-11-33-12-10-30;3-2(4,5)1(6)7/h3-8,13-15H,9-12H2,1-2H3,(H,26,31)(H2,27,28,29);(H,6,7). The van der Waals surface area contributed by atoms with Crippen LogP contribution in [0.25, 0.3) is 0 Å². The van der Waals surface area contributed by atoms with E-state index >= 15 is 0 Å². The quantitative estimate of drug-likeness (QED) is 0.306. The lowest BCUT2D eigenvalue weighted by molar-refractivity contribution is -0.192. The fourth-order valence-corrected chi connectivity index (χ4v) is 3.61. The molecule has 0 saturated carbocycles. The average Bonchev–Trinajstić information content (AvgIpc) is 2.95. The van der Waals surface area contributed by atoms with E-state index in [0.717, 1.165) is 25.0 Å². The molecule has 1 aliphatic rings. The number of amides is 1. The Bertz CT molecular complexity index is 1330. The predicted octanol–water partition coefficient (Wildman–Crippen LogP) is 4.55. The Morgan fingerprint density at radius 1 is 1.02 bits per heavy atom. The van der Waals surface area contributed by atoms with E-state index in [4.69, 9.17) is 19.4 Å². The summed E-state index contributed by atoms with van der Waals surface area (Å²) in [5.74, 6) is -2.50. The second-order valence-corrected chi connectivity index (χ2v) is 8.21. The van der Waals surface area contributed by atoms with Crippen molar-refractivity contribution in [2.45, 2.75) is 6.18 Å². The van der Waals surface area contributed by atoms with Gasteiger partial charge in [-0.3, -0.25) is 4.79 Å². The van der Waals surface area contributed by atoms with Gasteiger partial charge in [-0.2, -0.15) is 13.2 Å². The fraction of sp³-hybridized carbons (Fsp3) is 0.269. The van der Waals surface area contributed by atoms with Gasteiger partial charge in [0.1, 0.15) is 11.6 Å². The van der Waals surface area contributed by atoms with Crippen LogP contribution in [0.15, 0.2) is 54.7 Å². The molecule has 2 heterocycles. The van der Waals surface area contributed by atoms with Gasteiger partial charge in [-0.25, -0.2) is 14.2 Å². The third kappa shape index (κ3) is 7.96. The van der Waals surface area contributed by atoms with Crippen molar-refractivity contribution in [1.29, 1.82) is 0 Å². The number of aromatic nitrogens is 1. The molecule has 1 fully saturated rings. The lowest BCUT2D eigenvalue weighted by atomic mass is 10.1. The molecule has 10 nitrogen and oxygen atoms in total. The molecule has 2 aromatic carbocycles. The third-order valence-electron chi connectivity index (χ3n) is 5.59. The first-order chi connectivity index (χ1) is 19.0. The molecule has 0 spiro atoms. The summed E-state index contributed by atoms with van der Waals surface area (Å²) in [6.07, 6.45) is -3.96. The molecule has 1 saturated heterocycles. The molecule has 0 radical (unpaired) electrons. The van der Waals surface area contributed by atoms with Crippen LogP contribution in [0.4, 0.5) is 46.1 Å². The molecule has 0 atom stereocenters. The number of ether oxygens (including phenoxy) is 2. The molecular weight excluding hydrogens is 538 g/mol. The van der Waals surface area contributed by atoms with Crippen molar-refractivity contribution in [3.8, 4) is 5.75 Å². The van der Waals surface area contributed by atoms with Crippen molar-refractivity contribution in [2.75, 3.05) is 56.0 Å². The number of halogens is 4. The van der Waals surface area contributed by atoms with Crippen molar-refractivity contribution in [2.24, 2.45) is 0 Å². The van der Waals surface area contributed by atoms with Crippen molar-refractivity contribution in [3.05, 3.63) is 66.1 Å². The molecule has 3 aromatic rings. The maximum absolute atomic E-state index is 14.5. The zero-order chi connectivity index (χ0) is 29.3. The van der Waals surface area contributed by atoms with E-state index in [1.165, 1.54) is 0 Å². The second-order valence-electron chi connectivity index (χ2n) is 8.21. The summed E-state index contributed by atoms with van der Waals surface area (Å²) in [6, 6.07) is 14.3. The maximum Gasteiger partial charge on any atom is 0.490 e. The van der Waals surface area contributed by atoms with Crippen LogP contribution >= 0.6 is 0 Å². The van der Waals surface area contributed by atoms with Crippen LogP contribution in [0, 0.1) is 5.82 Å². The minimum absolute atomic E-state index is 0.188. The van der Waals surface area contributed by atoms with Gasteiger partial charge in [-0.05, 0) is 24.3 Å². The number of aliphatic carboxylic acids is 1. The summed E-state index contributed by atoms with van der Waals surface area (Å²) in [6.45, 7) is 3.03. The van der Waals surface area contributed by atoms with Crippen LogP contribution in [-0.2, 0) is 9.53 Å². The molecule has 1 aromatic heterocycles. The first kappa shape index (κ1) is 30.0. The van der Waals surface area contributed by atoms with Crippen molar-refractivity contribution >= 4 is 40.4 Å². The van der Waals surface area contributed by atoms with Crippen LogP contribution in [0.2, 0.25) is 0 Å². The lowest BCUT2D eigenvalue weighted by Crippen LogP contribution is -2.36. The Balaban J connectivity index is 0.000000559. The number of carboxylic acid groups (broad SMARTS) is 1.